The Kier molecular flexibility index (Phi) is 22.3. The Balaban J connectivity index is 0.0000176. The molecule has 1 aromatic rings. The SMILES string of the molecule is [C-]#[N+]C(C)(CCC(=O)Nc1ccc(SOO[O-])cc1)N=NC(C)(C#N)CCC(=O)NCC(C)CCCCCCCCC.[Na+]. The molecule has 43 heavy (non-hydrogen) atoms. The van der Waals surface area contributed by atoms with Crippen LogP contribution in [-0.4, -0.2) is 29.6 Å². The number of carbonyl (C=O) groups is 2. The number of nitrogens with one attached hydrogen (secondary N) is 2. The van der Waals surface area contributed by atoms with E-state index in [2.05, 4.69) is 55.0 Å². The number of benzene rings is 1. The van der Waals surface area contributed by atoms with Crippen molar-refractivity contribution in [2.75, 3.05) is 11.9 Å². The summed E-state index contributed by atoms with van der Waals surface area (Å²) < 4.78 is 4.24. The van der Waals surface area contributed by atoms with Crippen molar-refractivity contribution in [1.82, 2.24) is 5.32 Å². The zero-order chi connectivity index (χ0) is 31.3. The van der Waals surface area contributed by atoms with Crippen molar-refractivity contribution in [3.8, 4) is 6.07 Å². The number of azo groups is 1. The van der Waals surface area contributed by atoms with Crippen molar-refractivity contribution >= 4 is 29.5 Å². The van der Waals surface area contributed by atoms with E-state index in [0.29, 0.717) is 23.0 Å². The Morgan fingerprint density at radius 3 is 2.30 bits per heavy atom. The van der Waals surface area contributed by atoms with Crippen molar-refractivity contribution in [3.05, 3.63) is 35.7 Å². The summed E-state index contributed by atoms with van der Waals surface area (Å²) in [4.78, 5) is 29.0. The monoisotopic (exact) mass is 624 g/mol. The van der Waals surface area contributed by atoms with Gasteiger partial charge < -0.3 is 15.9 Å². The first-order chi connectivity index (χ1) is 20.1. The van der Waals surface area contributed by atoms with Gasteiger partial charge in [0.15, 0.2) is 5.54 Å². The molecule has 0 aromatic heterocycles. The zero-order valence-corrected chi connectivity index (χ0v) is 29.1. The number of rotatable bonds is 22. The number of nitriles is 1. The molecule has 0 saturated carbocycles. The molecule has 1 aromatic carbocycles. The van der Waals surface area contributed by atoms with Crippen LogP contribution in [0.3, 0.4) is 0 Å². The molecule has 2 amide bonds. The van der Waals surface area contributed by atoms with Crippen LogP contribution in [0.4, 0.5) is 5.69 Å². The number of anilines is 1. The summed E-state index contributed by atoms with van der Waals surface area (Å²) in [5, 5.41) is 36.9. The molecule has 0 bridgehead atoms. The Morgan fingerprint density at radius 1 is 1.07 bits per heavy atom. The van der Waals surface area contributed by atoms with E-state index in [4.69, 9.17) is 6.57 Å². The van der Waals surface area contributed by atoms with Gasteiger partial charge in [0.2, 0.25) is 11.8 Å². The van der Waals surface area contributed by atoms with Crippen LogP contribution in [0.2, 0.25) is 0 Å². The molecule has 0 fully saturated rings. The third-order valence-corrected chi connectivity index (χ3v) is 7.46. The first-order valence-corrected chi connectivity index (χ1v) is 15.4. The van der Waals surface area contributed by atoms with Crippen LogP contribution >= 0.6 is 12.0 Å². The summed E-state index contributed by atoms with van der Waals surface area (Å²) in [6, 6.07) is 8.64. The number of hydrogen-bond acceptors (Lipinski definition) is 9. The molecule has 3 atom stereocenters. The van der Waals surface area contributed by atoms with E-state index in [1.807, 2.05) is 0 Å². The van der Waals surface area contributed by atoms with Gasteiger partial charge in [0.25, 0.3) is 0 Å². The molecule has 0 radical (unpaired) electrons. The van der Waals surface area contributed by atoms with E-state index in [0.717, 1.165) is 18.5 Å². The topological polar surface area (TPSA) is 153 Å². The molecule has 0 heterocycles. The smallest absolute Gasteiger partial charge is 0.691 e. The molecular weight excluding hydrogens is 579 g/mol. The fourth-order valence-electron chi connectivity index (χ4n) is 3.98. The third kappa shape index (κ3) is 19.1. The van der Waals surface area contributed by atoms with Gasteiger partial charge in [-0.3, -0.25) is 19.5 Å². The largest absolute Gasteiger partial charge is 1.00 e. The minimum atomic E-state index is -1.33. The molecule has 3 unspecified atom stereocenters. The first-order valence-electron chi connectivity index (χ1n) is 14.6. The van der Waals surface area contributed by atoms with E-state index in [1.165, 1.54) is 44.9 Å². The molecule has 0 aliphatic rings. The Morgan fingerprint density at radius 2 is 1.70 bits per heavy atom. The molecule has 2 N–H and O–H groups in total. The van der Waals surface area contributed by atoms with Crippen LogP contribution < -0.4 is 45.4 Å². The number of unbranched alkanes of at least 4 members (excludes halogenated alkanes) is 6. The molecule has 0 aliphatic heterocycles. The van der Waals surface area contributed by atoms with Crippen molar-refractivity contribution in [2.24, 2.45) is 16.1 Å². The fraction of sp³-hybridized carbons (Fsp3) is 0.667. The first kappa shape index (κ1) is 41.0. The summed E-state index contributed by atoms with van der Waals surface area (Å²) in [7, 11) is 0. The molecule has 11 nitrogen and oxygen atoms in total. The van der Waals surface area contributed by atoms with Gasteiger partial charge >= 0.3 is 35.2 Å². The van der Waals surface area contributed by atoms with Gasteiger partial charge in [-0.15, -0.1) is 5.11 Å². The normalized spacial score (nSPS) is 14.4. The van der Waals surface area contributed by atoms with Crippen molar-refractivity contribution in [3.63, 3.8) is 0 Å². The molecule has 0 aliphatic carbocycles. The van der Waals surface area contributed by atoms with Crippen molar-refractivity contribution in [2.45, 2.75) is 121 Å². The second-order valence-electron chi connectivity index (χ2n) is 11.0. The number of carbonyl (C=O) groups excluding carboxylic acids is 2. The molecule has 0 saturated heterocycles. The van der Waals surface area contributed by atoms with Gasteiger partial charge in [0.1, 0.15) is 0 Å². The maximum Gasteiger partial charge on any atom is 1.00 e. The second kappa shape index (κ2) is 23.4. The van der Waals surface area contributed by atoms with Gasteiger partial charge in [0, 0.05) is 36.9 Å². The Labute approximate surface area is 283 Å². The molecule has 13 heteroatoms. The van der Waals surface area contributed by atoms with Crippen molar-refractivity contribution < 1.29 is 53.8 Å². The van der Waals surface area contributed by atoms with Crippen LogP contribution in [-0.2, 0) is 19.0 Å². The molecular formula is C30H45N6NaO5S. The molecule has 0 spiro atoms. The maximum atomic E-state index is 12.4. The van der Waals surface area contributed by atoms with E-state index >= 15 is 0 Å². The summed E-state index contributed by atoms with van der Waals surface area (Å²) >= 11 is 0.739. The fourth-order valence-corrected chi connectivity index (χ4v) is 4.33. The third-order valence-electron chi connectivity index (χ3n) is 6.88. The second-order valence-corrected chi connectivity index (χ2v) is 11.8. The minimum absolute atomic E-state index is 0. The number of hydrogen-bond donors (Lipinski definition) is 2. The van der Waals surface area contributed by atoms with Gasteiger partial charge in [-0.25, -0.2) is 6.57 Å². The Hall–Kier alpha value is -2.03. The summed E-state index contributed by atoms with van der Waals surface area (Å²) in [6.45, 7) is 15.7. The van der Waals surface area contributed by atoms with Gasteiger partial charge in [-0.05, 0) is 49.9 Å². The average Bonchev–Trinajstić information content (AvgIpc) is 3.00. The van der Waals surface area contributed by atoms with Crippen molar-refractivity contribution in [1.29, 1.82) is 5.26 Å². The molecule has 1 rings (SSSR count). The maximum absolute atomic E-state index is 12.4. The van der Waals surface area contributed by atoms with Crippen LogP contribution in [0, 0.1) is 23.8 Å². The van der Waals surface area contributed by atoms with Crippen LogP contribution in [0.25, 0.3) is 4.85 Å². The Bertz CT molecular complexity index is 1060. The van der Waals surface area contributed by atoms with Gasteiger partial charge in [-0.2, -0.15) is 14.7 Å². The number of amides is 2. The van der Waals surface area contributed by atoms with Gasteiger partial charge in [0.05, 0.1) is 24.5 Å². The summed E-state index contributed by atoms with van der Waals surface area (Å²) in [5.41, 5.74) is -2.07. The van der Waals surface area contributed by atoms with Crippen LogP contribution in [0.15, 0.2) is 39.4 Å². The average molecular weight is 625 g/mol. The van der Waals surface area contributed by atoms with E-state index in [1.54, 1.807) is 38.1 Å². The van der Waals surface area contributed by atoms with Gasteiger partial charge in [-0.1, -0.05) is 58.8 Å². The predicted molar refractivity (Wildman–Crippen MR) is 160 cm³/mol. The zero-order valence-electron chi connectivity index (χ0n) is 26.3. The summed E-state index contributed by atoms with van der Waals surface area (Å²) in [5.74, 6) is -0.0676. The standard InChI is InChI=1S/C30H46N6O5S.Na/c1-6-7-8-9-10-11-12-13-24(2)22-33-27(37)18-20-29(3,23-31)35-36-30(4,32-5)21-19-28(38)34-25-14-16-26(17-15-25)42-41-40-39;/h14-17,24,39H,6-13,18-22H2,1-4H3,(H,33,37)(H,34,38);/q;+1/p-1. The quantitative estimate of drug-likeness (QED) is 0.0380. The van der Waals surface area contributed by atoms with E-state index in [-0.39, 0.29) is 67.1 Å². The van der Waals surface area contributed by atoms with E-state index < -0.39 is 11.2 Å². The van der Waals surface area contributed by atoms with Crippen LogP contribution in [0.1, 0.15) is 105 Å². The predicted octanol–water partition coefficient (Wildman–Crippen LogP) is 3.68. The molecule has 232 valence electrons. The minimum Gasteiger partial charge on any atom is -0.691 e. The van der Waals surface area contributed by atoms with Crippen LogP contribution in [0.5, 0.6) is 0 Å². The number of nitrogens with zero attached hydrogens (tertiary/aromatic N) is 4. The van der Waals surface area contributed by atoms with E-state index in [9.17, 15) is 20.1 Å². The summed E-state index contributed by atoms with van der Waals surface area (Å²) in [6.07, 6.45) is 10.3.